The minimum atomic E-state index is -3.68. The van der Waals surface area contributed by atoms with Crippen molar-refractivity contribution in [2.45, 2.75) is 17.6 Å². The molecule has 5 rings (SSSR count). The third kappa shape index (κ3) is 3.09. The zero-order chi connectivity index (χ0) is 19.8. The molecule has 1 N–H and O–H groups in total. The molecular weight excluding hydrogens is 380 g/mol. The maximum Gasteiger partial charge on any atom is 0.247 e. The molecule has 4 aromatic carbocycles. The molecule has 1 aliphatic rings. The van der Waals surface area contributed by atoms with E-state index >= 15 is 0 Å². The monoisotopic (exact) mass is 400 g/mol. The van der Waals surface area contributed by atoms with Crippen molar-refractivity contribution >= 4 is 26.5 Å². The van der Waals surface area contributed by atoms with E-state index in [1.54, 1.807) is 16.4 Å². The molecule has 0 radical (unpaired) electrons. The lowest BCUT2D eigenvalue weighted by molar-refractivity contribution is 0.337. The highest BCUT2D eigenvalue weighted by Gasteiger charge is 2.39. The van der Waals surface area contributed by atoms with Crippen LogP contribution in [0.3, 0.4) is 0 Å². The van der Waals surface area contributed by atoms with Gasteiger partial charge >= 0.3 is 0 Å². The van der Waals surface area contributed by atoms with Gasteiger partial charge in [0.15, 0.2) is 0 Å². The van der Waals surface area contributed by atoms with Gasteiger partial charge in [-0.2, -0.15) is 4.31 Å². The molecule has 1 heterocycles. The van der Waals surface area contributed by atoms with Gasteiger partial charge in [0.1, 0.15) is 11.1 Å². The van der Waals surface area contributed by atoms with Crippen molar-refractivity contribution in [1.29, 1.82) is 0 Å². The summed E-state index contributed by atoms with van der Waals surface area (Å²) in [5.74, 6) is 0. The van der Waals surface area contributed by atoms with Gasteiger partial charge in [0.05, 0.1) is 5.69 Å². The van der Waals surface area contributed by atoms with Gasteiger partial charge in [0.2, 0.25) is 10.0 Å². The van der Waals surface area contributed by atoms with E-state index in [1.807, 2.05) is 84.9 Å². The van der Waals surface area contributed by atoms with Gasteiger partial charge in [-0.1, -0.05) is 84.9 Å². The van der Waals surface area contributed by atoms with E-state index in [-0.39, 0.29) is 0 Å². The van der Waals surface area contributed by atoms with E-state index < -0.39 is 16.2 Å². The number of sulfonamides is 1. The minimum absolute atomic E-state index is 0.290. The second-order valence-electron chi connectivity index (χ2n) is 7.15. The summed E-state index contributed by atoms with van der Waals surface area (Å²) in [7, 11) is -3.68. The first-order chi connectivity index (χ1) is 14.1. The molecule has 0 saturated carbocycles. The van der Waals surface area contributed by atoms with Crippen molar-refractivity contribution < 1.29 is 8.42 Å². The van der Waals surface area contributed by atoms with E-state index in [0.717, 1.165) is 21.9 Å². The first-order valence-electron chi connectivity index (χ1n) is 9.53. The zero-order valence-corrected chi connectivity index (χ0v) is 16.5. The summed E-state index contributed by atoms with van der Waals surface area (Å²) >= 11 is 0. The SMILES string of the molecule is O=S1(=O)c2ccccc2N[C@H](c2cccc3ccccc23)N1Cc1ccccc1. The minimum Gasteiger partial charge on any atom is -0.364 e. The van der Waals surface area contributed by atoms with Crippen LogP contribution < -0.4 is 5.32 Å². The summed E-state index contributed by atoms with van der Waals surface area (Å²) in [4.78, 5) is 0.312. The van der Waals surface area contributed by atoms with Gasteiger partial charge < -0.3 is 5.32 Å². The Bertz CT molecular complexity index is 1280. The van der Waals surface area contributed by atoms with Gasteiger partial charge in [-0.25, -0.2) is 8.42 Å². The fraction of sp³-hybridized carbons (Fsp3) is 0.0833. The van der Waals surface area contributed by atoms with Crippen LogP contribution >= 0.6 is 0 Å². The van der Waals surface area contributed by atoms with Crippen molar-refractivity contribution in [3.8, 4) is 0 Å². The second-order valence-corrected chi connectivity index (χ2v) is 9.01. The van der Waals surface area contributed by atoms with Gasteiger partial charge in [-0.3, -0.25) is 0 Å². The molecule has 29 heavy (non-hydrogen) atoms. The number of rotatable bonds is 3. The van der Waals surface area contributed by atoms with Crippen LogP contribution in [-0.4, -0.2) is 12.7 Å². The Morgan fingerprint density at radius 1 is 0.759 bits per heavy atom. The van der Waals surface area contributed by atoms with Crippen LogP contribution in [0.25, 0.3) is 10.8 Å². The van der Waals surface area contributed by atoms with Crippen molar-refractivity contribution in [3.05, 3.63) is 108 Å². The van der Waals surface area contributed by atoms with Crippen molar-refractivity contribution in [2.75, 3.05) is 5.32 Å². The van der Waals surface area contributed by atoms with E-state index in [1.165, 1.54) is 0 Å². The van der Waals surface area contributed by atoms with Crippen LogP contribution in [0, 0.1) is 0 Å². The van der Waals surface area contributed by atoms with Gasteiger partial charge in [0.25, 0.3) is 0 Å². The Balaban J connectivity index is 1.71. The standard InChI is InChI=1S/C24H20N2O2S/c27-29(28)23-16-7-6-15-22(23)25-24(26(29)17-18-9-2-1-3-10-18)21-14-8-12-19-11-4-5-13-20(19)21/h1-16,24-25H,17H2/t24-/m0/s1. The quantitative estimate of drug-likeness (QED) is 0.517. The number of anilines is 1. The largest absolute Gasteiger partial charge is 0.364 e. The molecule has 0 spiro atoms. The molecule has 4 aromatic rings. The summed E-state index contributed by atoms with van der Waals surface area (Å²) in [6, 6.07) is 30.9. The molecule has 0 saturated heterocycles. The first-order valence-corrected chi connectivity index (χ1v) is 11.0. The normalized spacial score (nSPS) is 18.1. The van der Waals surface area contributed by atoms with Crippen LogP contribution in [0.5, 0.6) is 0 Å². The maximum absolute atomic E-state index is 13.6. The molecule has 5 heteroatoms. The van der Waals surface area contributed by atoms with Crippen molar-refractivity contribution in [1.82, 2.24) is 4.31 Å². The molecule has 0 aromatic heterocycles. The molecule has 4 nitrogen and oxygen atoms in total. The average Bonchev–Trinajstić information content (AvgIpc) is 2.76. The first kappa shape index (κ1) is 17.9. The molecule has 0 amide bonds. The lowest BCUT2D eigenvalue weighted by Crippen LogP contribution is -2.42. The highest BCUT2D eigenvalue weighted by molar-refractivity contribution is 7.89. The van der Waals surface area contributed by atoms with Crippen LogP contribution in [-0.2, 0) is 16.6 Å². The van der Waals surface area contributed by atoms with Gasteiger partial charge in [-0.15, -0.1) is 0 Å². The Morgan fingerprint density at radius 3 is 2.31 bits per heavy atom. The van der Waals surface area contributed by atoms with E-state index in [4.69, 9.17) is 0 Å². The average molecular weight is 401 g/mol. The summed E-state index contributed by atoms with van der Waals surface area (Å²) < 4.78 is 28.8. The third-order valence-corrected chi connectivity index (χ3v) is 7.22. The van der Waals surface area contributed by atoms with Gasteiger partial charge in [-0.05, 0) is 34.0 Å². The van der Waals surface area contributed by atoms with E-state index in [2.05, 4.69) is 5.32 Å². The molecule has 0 bridgehead atoms. The number of benzene rings is 4. The van der Waals surface area contributed by atoms with Crippen LogP contribution in [0.2, 0.25) is 0 Å². The molecule has 1 aliphatic heterocycles. The number of para-hydroxylation sites is 1. The highest BCUT2D eigenvalue weighted by Crippen LogP contribution is 2.40. The topological polar surface area (TPSA) is 49.4 Å². The van der Waals surface area contributed by atoms with E-state index in [0.29, 0.717) is 17.1 Å². The Morgan fingerprint density at radius 2 is 1.45 bits per heavy atom. The number of nitrogens with zero attached hydrogens (tertiary/aromatic N) is 1. The van der Waals surface area contributed by atoms with Crippen LogP contribution in [0.15, 0.2) is 102 Å². The Labute approximate surface area is 170 Å². The van der Waals surface area contributed by atoms with E-state index in [9.17, 15) is 8.42 Å². The summed E-state index contributed by atoms with van der Waals surface area (Å²) in [6.45, 7) is 0.290. The second kappa shape index (κ2) is 7.03. The lowest BCUT2D eigenvalue weighted by atomic mass is 10.0. The molecule has 0 aliphatic carbocycles. The van der Waals surface area contributed by atoms with Gasteiger partial charge in [0, 0.05) is 6.54 Å². The predicted molar refractivity (Wildman–Crippen MR) is 116 cm³/mol. The maximum atomic E-state index is 13.6. The summed E-state index contributed by atoms with van der Waals surface area (Å²) in [5, 5.41) is 5.61. The Hall–Kier alpha value is -3.15. The number of hydrogen-bond acceptors (Lipinski definition) is 3. The third-order valence-electron chi connectivity index (χ3n) is 5.35. The Kier molecular flexibility index (Phi) is 4.34. The summed E-state index contributed by atoms with van der Waals surface area (Å²) in [6.07, 6.45) is -0.499. The molecule has 1 atom stereocenters. The van der Waals surface area contributed by atoms with Crippen LogP contribution in [0.1, 0.15) is 17.3 Å². The summed E-state index contributed by atoms with van der Waals surface area (Å²) in [5.41, 5.74) is 2.52. The van der Waals surface area contributed by atoms with Crippen LogP contribution in [0.4, 0.5) is 5.69 Å². The van der Waals surface area contributed by atoms with Crippen molar-refractivity contribution in [2.24, 2.45) is 0 Å². The predicted octanol–water partition coefficient (Wildman–Crippen LogP) is 5.16. The lowest BCUT2D eigenvalue weighted by Gasteiger charge is -2.38. The molecular formula is C24H20N2O2S. The fourth-order valence-corrected chi connectivity index (χ4v) is 5.63. The molecule has 144 valence electrons. The smallest absolute Gasteiger partial charge is 0.247 e. The number of fused-ring (bicyclic) bond motifs is 2. The highest BCUT2D eigenvalue weighted by atomic mass is 32.2. The zero-order valence-electron chi connectivity index (χ0n) is 15.7. The number of hydrogen-bond donors (Lipinski definition) is 1. The van der Waals surface area contributed by atoms with Crippen molar-refractivity contribution in [3.63, 3.8) is 0 Å². The molecule has 0 unspecified atom stereocenters. The fourth-order valence-electron chi connectivity index (χ4n) is 3.96. The number of nitrogens with one attached hydrogen (secondary N) is 1. The molecule has 0 fully saturated rings.